The molecular weight excluding hydrogens is 707 g/mol. The van der Waals surface area contributed by atoms with Crippen molar-refractivity contribution in [3.63, 3.8) is 0 Å². The van der Waals surface area contributed by atoms with Gasteiger partial charge in [-0.2, -0.15) is 47.9 Å². The van der Waals surface area contributed by atoms with E-state index in [9.17, 15) is 47.9 Å². The monoisotopic (exact) mass is 718 g/mol. The van der Waals surface area contributed by atoms with Crippen LogP contribution in [0.2, 0.25) is 0 Å². The van der Waals surface area contributed by atoms with Gasteiger partial charge in [-0.25, -0.2) is 3.63 Å². The standard InChI is InChI=1S/C22H13Br2F9O3S2/c23-14-6-10-17(11-7-14)37(16-4-2-1-3-5-16,18-12-8-15(24)9-13-18)36-38(34,35)22(32,33)20(27,28)19(25,26)21(29,30)31/h1-13H. The Morgan fingerprint density at radius 3 is 1.29 bits per heavy atom. The molecule has 0 spiro atoms. The van der Waals surface area contributed by atoms with Gasteiger partial charge in [-0.05, 0) is 71.0 Å². The average molecular weight is 720 g/mol. The molecule has 208 valence electrons. The Kier molecular flexibility index (Phi) is 8.37. The first-order valence-corrected chi connectivity index (χ1v) is 14.4. The molecule has 3 aromatic carbocycles. The zero-order chi connectivity index (χ0) is 28.8. The van der Waals surface area contributed by atoms with Gasteiger partial charge >= 0.3 is 33.4 Å². The van der Waals surface area contributed by atoms with Crippen molar-refractivity contribution < 1.29 is 51.6 Å². The molecule has 0 aliphatic carbocycles. The summed E-state index contributed by atoms with van der Waals surface area (Å²) in [6.07, 6.45) is -7.21. The third-order valence-electron chi connectivity index (χ3n) is 4.99. The lowest BCUT2D eigenvalue weighted by Crippen LogP contribution is -2.63. The SMILES string of the molecule is O=S(=O)(OS(c1ccccc1)(c1ccc(Br)cc1)c1ccc(Br)cc1)C(F)(F)C(F)(F)C(F)(F)C(F)(F)F. The summed E-state index contributed by atoms with van der Waals surface area (Å²) in [6.45, 7) is 0. The van der Waals surface area contributed by atoms with E-state index in [-0.39, 0.29) is 14.7 Å². The van der Waals surface area contributed by atoms with Crippen LogP contribution in [-0.4, -0.2) is 31.7 Å². The Morgan fingerprint density at radius 1 is 0.553 bits per heavy atom. The number of benzene rings is 3. The molecule has 3 nitrogen and oxygen atoms in total. The quantitative estimate of drug-likeness (QED) is 0.218. The molecule has 0 heterocycles. The first-order chi connectivity index (χ1) is 17.3. The maximum absolute atomic E-state index is 14.8. The highest BCUT2D eigenvalue weighted by Crippen LogP contribution is 2.71. The molecule has 0 aliphatic rings. The predicted molar refractivity (Wildman–Crippen MR) is 128 cm³/mol. The van der Waals surface area contributed by atoms with E-state index in [0.717, 1.165) is 0 Å². The second-order valence-electron chi connectivity index (χ2n) is 7.46. The fourth-order valence-electron chi connectivity index (χ4n) is 3.09. The summed E-state index contributed by atoms with van der Waals surface area (Å²) < 4.78 is 154. The van der Waals surface area contributed by atoms with E-state index >= 15 is 0 Å². The van der Waals surface area contributed by atoms with E-state index in [4.69, 9.17) is 3.63 Å². The van der Waals surface area contributed by atoms with Gasteiger partial charge < -0.3 is 0 Å². The fourth-order valence-corrected chi connectivity index (χ4v) is 8.81. The van der Waals surface area contributed by atoms with Crippen molar-refractivity contribution in [3.8, 4) is 0 Å². The van der Waals surface area contributed by atoms with Gasteiger partial charge in [0, 0.05) is 23.6 Å². The number of hydrogen-bond acceptors (Lipinski definition) is 3. The lowest BCUT2D eigenvalue weighted by atomic mass is 10.1. The number of rotatable bonds is 8. The van der Waals surface area contributed by atoms with Gasteiger partial charge in [0.25, 0.3) is 0 Å². The summed E-state index contributed by atoms with van der Waals surface area (Å²) in [6, 6.07) is 16.6. The number of alkyl halides is 9. The van der Waals surface area contributed by atoms with Crippen LogP contribution in [0.5, 0.6) is 0 Å². The van der Waals surface area contributed by atoms with Crippen LogP contribution >= 0.6 is 42.2 Å². The van der Waals surface area contributed by atoms with Gasteiger partial charge in [-0.15, -0.1) is 0 Å². The third kappa shape index (κ3) is 5.09. The number of halogens is 11. The fraction of sp³-hybridized carbons (Fsp3) is 0.182. The van der Waals surface area contributed by atoms with Crippen LogP contribution in [0, 0.1) is 0 Å². The Bertz CT molecular complexity index is 1340. The van der Waals surface area contributed by atoms with Crippen molar-refractivity contribution in [2.24, 2.45) is 0 Å². The normalized spacial score (nSPS) is 14.4. The van der Waals surface area contributed by atoms with E-state index in [2.05, 4.69) is 31.9 Å². The molecule has 0 radical (unpaired) electrons. The molecule has 0 N–H and O–H groups in total. The molecule has 0 fully saturated rings. The predicted octanol–water partition coefficient (Wildman–Crippen LogP) is 9.18. The maximum Gasteiger partial charge on any atom is 0.460 e. The van der Waals surface area contributed by atoms with Crippen molar-refractivity contribution in [1.82, 2.24) is 0 Å². The lowest BCUT2D eigenvalue weighted by molar-refractivity contribution is -0.382. The minimum Gasteiger partial charge on any atom is -0.202 e. The van der Waals surface area contributed by atoms with E-state index < -0.39 is 43.7 Å². The maximum atomic E-state index is 14.8. The molecule has 0 atom stereocenters. The molecule has 3 rings (SSSR count). The van der Waals surface area contributed by atoms with Gasteiger partial charge in [-0.3, -0.25) is 0 Å². The molecule has 16 heteroatoms. The molecule has 38 heavy (non-hydrogen) atoms. The van der Waals surface area contributed by atoms with Crippen LogP contribution in [0.4, 0.5) is 39.5 Å². The van der Waals surface area contributed by atoms with E-state index in [1.165, 1.54) is 78.9 Å². The minimum absolute atomic E-state index is 0.171. The Balaban J connectivity index is 2.36. The van der Waals surface area contributed by atoms with E-state index in [0.29, 0.717) is 8.95 Å². The van der Waals surface area contributed by atoms with Crippen LogP contribution in [0.3, 0.4) is 0 Å². The van der Waals surface area contributed by atoms with Crippen LogP contribution in [-0.2, 0) is 13.7 Å². The highest BCUT2D eigenvalue weighted by molar-refractivity contribution is 9.10. The van der Waals surface area contributed by atoms with Gasteiger partial charge in [0.15, 0.2) is 0 Å². The molecular formula is C22H13Br2F9O3S2. The second kappa shape index (κ2) is 10.3. The van der Waals surface area contributed by atoms with Crippen LogP contribution in [0.1, 0.15) is 0 Å². The Labute approximate surface area is 228 Å². The van der Waals surface area contributed by atoms with Gasteiger partial charge in [0.1, 0.15) is 0 Å². The molecule has 3 aromatic rings. The summed E-state index contributed by atoms with van der Waals surface area (Å²) in [7, 11) is -11.3. The molecule has 0 amide bonds. The number of hydrogen-bond donors (Lipinski definition) is 0. The summed E-state index contributed by atoms with van der Waals surface area (Å²) >= 11 is 6.26. The summed E-state index contributed by atoms with van der Waals surface area (Å²) in [4.78, 5) is -0.533. The highest BCUT2D eigenvalue weighted by atomic mass is 79.9. The van der Waals surface area contributed by atoms with Crippen molar-refractivity contribution >= 4 is 52.3 Å². The first kappa shape index (κ1) is 30.8. The molecule has 0 saturated carbocycles. The smallest absolute Gasteiger partial charge is 0.202 e. The van der Waals surface area contributed by atoms with Crippen molar-refractivity contribution in [2.75, 3.05) is 0 Å². The Hall–Kier alpha value is -1.75. The third-order valence-corrected chi connectivity index (χ3v) is 11.3. The minimum atomic E-state index is -7.45. The molecule has 0 saturated heterocycles. The van der Waals surface area contributed by atoms with Gasteiger partial charge in [-0.1, -0.05) is 50.1 Å². The van der Waals surface area contributed by atoms with Gasteiger partial charge in [0.05, 0.1) is 0 Å². The second-order valence-corrected chi connectivity index (χ2v) is 13.8. The molecule has 0 aliphatic heterocycles. The summed E-state index contributed by atoms with van der Waals surface area (Å²) in [5, 5.41) is -7.03. The topological polar surface area (TPSA) is 43.4 Å². The van der Waals surface area contributed by atoms with E-state index in [1.54, 1.807) is 0 Å². The average Bonchev–Trinajstić information content (AvgIpc) is 2.83. The molecule has 0 unspecified atom stereocenters. The molecule has 0 aromatic heterocycles. The van der Waals surface area contributed by atoms with Crippen molar-refractivity contribution in [1.29, 1.82) is 0 Å². The van der Waals surface area contributed by atoms with Crippen molar-refractivity contribution in [3.05, 3.63) is 87.8 Å². The highest BCUT2D eigenvalue weighted by Gasteiger charge is 2.86. The Morgan fingerprint density at radius 2 is 0.921 bits per heavy atom. The first-order valence-electron chi connectivity index (χ1n) is 9.87. The largest absolute Gasteiger partial charge is 0.460 e. The lowest BCUT2D eigenvalue weighted by Gasteiger charge is -2.41. The zero-order valence-electron chi connectivity index (χ0n) is 18.2. The van der Waals surface area contributed by atoms with Crippen LogP contribution in [0.15, 0.2) is 102 Å². The summed E-state index contributed by atoms with van der Waals surface area (Å²) in [5.41, 5.74) is 0. The zero-order valence-corrected chi connectivity index (χ0v) is 23.0. The van der Waals surface area contributed by atoms with Crippen molar-refractivity contribution in [2.45, 2.75) is 38.0 Å². The van der Waals surface area contributed by atoms with Crippen LogP contribution in [0.25, 0.3) is 0 Å². The van der Waals surface area contributed by atoms with Crippen LogP contribution < -0.4 is 0 Å². The van der Waals surface area contributed by atoms with E-state index in [1.807, 2.05) is 0 Å². The summed E-state index contributed by atoms with van der Waals surface area (Å²) in [5.74, 6) is -14.9. The van der Waals surface area contributed by atoms with Gasteiger partial charge in [0.2, 0.25) is 0 Å². The molecule has 0 bridgehead atoms.